The molecular formula is C15H14F4N2O2. The molecule has 0 aliphatic carbocycles. The second kappa shape index (κ2) is 5.53. The van der Waals surface area contributed by atoms with E-state index in [0.717, 1.165) is 36.4 Å². The molecule has 0 bridgehead atoms. The summed E-state index contributed by atoms with van der Waals surface area (Å²) in [6.07, 6.45) is -5.01. The van der Waals surface area contributed by atoms with Crippen LogP contribution in [0.15, 0.2) is 36.4 Å². The SMILES string of the molecule is Nc1cc(C(CF)(c2ccc(O)c(N)c2)C(F)(F)F)ccc1O. The molecule has 0 heterocycles. The zero-order chi connectivity index (χ0) is 17.4. The lowest BCUT2D eigenvalue weighted by Gasteiger charge is -2.34. The van der Waals surface area contributed by atoms with Crippen molar-refractivity contribution in [2.24, 2.45) is 0 Å². The maximum atomic E-state index is 13.8. The van der Waals surface area contributed by atoms with Crippen LogP contribution in [0, 0.1) is 0 Å². The Morgan fingerprint density at radius 2 is 1.22 bits per heavy atom. The summed E-state index contributed by atoms with van der Waals surface area (Å²) in [5.41, 5.74) is 6.29. The number of benzene rings is 2. The molecule has 4 nitrogen and oxygen atoms in total. The third-order valence-corrected chi connectivity index (χ3v) is 3.73. The Balaban J connectivity index is 2.79. The van der Waals surface area contributed by atoms with Crippen LogP contribution in [0.4, 0.5) is 28.9 Å². The molecule has 0 fully saturated rings. The molecule has 0 aliphatic heterocycles. The van der Waals surface area contributed by atoms with Crippen LogP contribution in [0.2, 0.25) is 0 Å². The minimum absolute atomic E-state index is 0.309. The molecule has 2 rings (SSSR count). The average molecular weight is 330 g/mol. The van der Waals surface area contributed by atoms with Gasteiger partial charge in [-0.1, -0.05) is 12.1 Å². The van der Waals surface area contributed by atoms with Crippen molar-refractivity contribution in [3.05, 3.63) is 47.5 Å². The van der Waals surface area contributed by atoms with Crippen LogP contribution in [-0.2, 0) is 5.41 Å². The number of phenolic OH excluding ortho intramolecular Hbond substituents is 2. The molecule has 8 heteroatoms. The quantitative estimate of drug-likeness (QED) is 0.395. The second-order valence-electron chi connectivity index (χ2n) is 5.08. The van der Waals surface area contributed by atoms with Crippen molar-refractivity contribution in [2.75, 3.05) is 18.1 Å². The molecule has 0 aliphatic rings. The van der Waals surface area contributed by atoms with Crippen molar-refractivity contribution >= 4 is 11.4 Å². The molecule has 23 heavy (non-hydrogen) atoms. The minimum Gasteiger partial charge on any atom is -0.506 e. The van der Waals surface area contributed by atoms with Gasteiger partial charge in [0.25, 0.3) is 0 Å². The summed E-state index contributed by atoms with van der Waals surface area (Å²) in [5, 5.41) is 18.8. The Morgan fingerprint density at radius 3 is 1.48 bits per heavy atom. The maximum Gasteiger partial charge on any atom is 0.404 e. The summed E-state index contributed by atoms with van der Waals surface area (Å²) in [7, 11) is 0. The van der Waals surface area contributed by atoms with Gasteiger partial charge in [-0.05, 0) is 35.4 Å². The number of nitrogen functional groups attached to an aromatic ring is 2. The van der Waals surface area contributed by atoms with Crippen LogP contribution < -0.4 is 11.5 Å². The lowest BCUT2D eigenvalue weighted by molar-refractivity contribution is -0.182. The average Bonchev–Trinajstić information content (AvgIpc) is 2.46. The van der Waals surface area contributed by atoms with E-state index in [1.54, 1.807) is 0 Å². The normalized spacial score (nSPS) is 12.3. The number of aromatic hydroxyl groups is 2. The van der Waals surface area contributed by atoms with Gasteiger partial charge in [-0.3, -0.25) is 0 Å². The summed E-state index contributed by atoms with van der Waals surface area (Å²) < 4.78 is 55.0. The highest BCUT2D eigenvalue weighted by Gasteiger charge is 2.57. The molecular weight excluding hydrogens is 316 g/mol. The molecule has 2 aromatic carbocycles. The van der Waals surface area contributed by atoms with Crippen molar-refractivity contribution in [2.45, 2.75) is 11.6 Å². The van der Waals surface area contributed by atoms with Crippen LogP contribution in [-0.4, -0.2) is 23.1 Å². The van der Waals surface area contributed by atoms with Crippen molar-refractivity contribution in [1.82, 2.24) is 0 Å². The summed E-state index contributed by atoms with van der Waals surface area (Å²) in [5.74, 6) is -0.817. The van der Waals surface area contributed by atoms with Gasteiger partial charge in [0.05, 0.1) is 11.4 Å². The second-order valence-corrected chi connectivity index (χ2v) is 5.08. The molecule has 0 atom stereocenters. The number of halogens is 4. The van der Waals surface area contributed by atoms with Crippen molar-refractivity contribution < 1.29 is 27.8 Å². The summed E-state index contributed by atoms with van der Waals surface area (Å²) in [4.78, 5) is 0. The van der Waals surface area contributed by atoms with E-state index in [2.05, 4.69) is 0 Å². The first kappa shape index (κ1) is 16.7. The zero-order valence-corrected chi connectivity index (χ0v) is 11.7. The van der Waals surface area contributed by atoms with Gasteiger partial charge in [0.15, 0.2) is 0 Å². The lowest BCUT2D eigenvalue weighted by Crippen LogP contribution is -2.45. The van der Waals surface area contributed by atoms with Crippen LogP contribution >= 0.6 is 0 Å². The van der Waals surface area contributed by atoms with E-state index in [-0.39, 0.29) is 11.4 Å². The Labute approximate surface area is 129 Å². The smallest absolute Gasteiger partial charge is 0.404 e. The third-order valence-electron chi connectivity index (χ3n) is 3.73. The summed E-state index contributed by atoms with van der Waals surface area (Å²) >= 11 is 0. The summed E-state index contributed by atoms with van der Waals surface area (Å²) in [6.45, 7) is -1.80. The molecule has 0 saturated heterocycles. The highest BCUT2D eigenvalue weighted by molar-refractivity contribution is 5.60. The van der Waals surface area contributed by atoms with Gasteiger partial charge in [0, 0.05) is 0 Å². The fraction of sp³-hybridized carbons (Fsp3) is 0.200. The van der Waals surface area contributed by atoms with E-state index in [1.807, 2.05) is 0 Å². The number of alkyl halides is 4. The predicted molar refractivity (Wildman–Crippen MR) is 77.8 cm³/mol. The third kappa shape index (κ3) is 2.60. The molecule has 6 N–H and O–H groups in total. The van der Waals surface area contributed by atoms with Gasteiger partial charge >= 0.3 is 6.18 Å². The fourth-order valence-corrected chi connectivity index (χ4v) is 2.36. The Bertz CT molecular complexity index is 680. The lowest BCUT2D eigenvalue weighted by atomic mass is 9.74. The first-order chi connectivity index (χ1) is 10.6. The highest BCUT2D eigenvalue weighted by Crippen LogP contribution is 2.48. The largest absolute Gasteiger partial charge is 0.506 e. The number of anilines is 2. The van der Waals surface area contributed by atoms with E-state index in [4.69, 9.17) is 11.5 Å². The van der Waals surface area contributed by atoms with E-state index in [1.165, 1.54) is 0 Å². The van der Waals surface area contributed by atoms with E-state index in [9.17, 15) is 27.8 Å². The first-order valence-corrected chi connectivity index (χ1v) is 6.44. The molecule has 2 aromatic rings. The van der Waals surface area contributed by atoms with Crippen LogP contribution in [0.1, 0.15) is 11.1 Å². The molecule has 0 saturated carbocycles. The van der Waals surface area contributed by atoms with Gasteiger partial charge in [-0.25, -0.2) is 4.39 Å². The number of nitrogens with two attached hydrogens (primary N) is 2. The predicted octanol–water partition coefficient (Wildman–Crippen LogP) is 3.08. The van der Waals surface area contributed by atoms with Crippen molar-refractivity contribution in [3.8, 4) is 11.5 Å². The maximum absolute atomic E-state index is 13.8. The van der Waals surface area contributed by atoms with E-state index < -0.39 is 40.9 Å². The van der Waals surface area contributed by atoms with Crippen molar-refractivity contribution in [3.63, 3.8) is 0 Å². The van der Waals surface area contributed by atoms with Gasteiger partial charge in [-0.2, -0.15) is 13.2 Å². The number of hydrogen-bond donors (Lipinski definition) is 4. The van der Waals surface area contributed by atoms with Crippen molar-refractivity contribution in [1.29, 1.82) is 0 Å². The number of phenols is 2. The van der Waals surface area contributed by atoms with Crippen LogP contribution in [0.25, 0.3) is 0 Å². The Morgan fingerprint density at radius 1 is 0.826 bits per heavy atom. The number of rotatable bonds is 3. The van der Waals surface area contributed by atoms with Gasteiger partial charge < -0.3 is 21.7 Å². The van der Waals surface area contributed by atoms with E-state index >= 15 is 0 Å². The molecule has 0 amide bonds. The Hall–Kier alpha value is -2.64. The highest BCUT2D eigenvalue weighted by atomic mass is 19.4. The molecule has 0 aromatic heterocycles. The van der Waals surface area contributed by atoms with Crippen LogP contribution in [0.3, 0.4) is 0 Å². The number of hydrogen-bond acceptors (Lipinski definition) is 4. The topological polar surface area (TPSA) is 92.5 Å². The van der Waals surface area contributed by atoms with E-state index in [0.29, 0.717) is 0 Å². The monoisotopic (exact) mass is 330 g/mol. The minimum atomic E-state index is -5.01. The molecule has 0 spiro atoms. The van der Waals surface area contributed by atoms with Gasteiger partial charge in [-0.15, -0.1) is 0 Å². The van der Waals surface area contributed by atoms with Crippen LogP contribution in [0.5, 0.6) is 11.5 Å². The first-order valence-electron chi connectivity index (χ1n) is 6.44. The molecule has 124 valence electrons. The fourth-order valence-electron chi connectivity index (χ4n) is 2.36. The van der Waals surface area contributed by atoms with Gasteiger partial charge in [0.2, 0.25) is 0 Å². The van der Waals surface area contributed by atoms with Gasteiger partial charge in [0.1, 0.15) is 23.6 Å². The Kier molecular flexibility index (Phi) is 4.02. The standard InChI is InChI=1S/C15H14F4N2O2/c16-7-14(15(17,18)19,8-1-3-12(22)10(20)5-8)9-2-4-13(23)11(21)6-9/h1-6,22-23H,7,20-21H2. The zero-order valence-electron chi connectivity index (χ0n) is 11.7. The molecule has 0 radical (unpaired) electrons. The molecule has 0 unspecified atom stereocenters. The summed E-state index contributed by atoms with van der Waals surface area (Å²) in [6, 6.07) is 5.55.